The maximum atomic E-state index is 12.7. The zero-order valence-corrected chi connectivity index (χ0v) is 17.8. The third-order valence-electron chi connectivity index (χ3n) is 4.43. The lowest BCUT2D eigenvalue weighted by Crippen LogP contribution is -2.34. The van der Waals surface area contributed by atoms with E-state index in [1.165, 1.54) is 0 Å². The van der Waals surface area contributed by atoms with Crippen LogP contribution in [0, 0.1) is 13.8 Å². The molecule has 0 unspecified atom stereocenters. The molecule has 0 aliphatic heterocycles. The minimum absolute atomic E-state index is 0.236. The minimum Gasteiger partial charge on any atom is -0.490 e. The maximum Gasteiger partial charge on any atom is 0.261 e. The molecule has 0 aliphatic carbocycles. The van der Waals surface area contributed by atoms with Crippen LogP contribution in [0.15, 0.2) is 72.8 Å². The highest BCUT2D eigenvalue weighted by molar-refractivity contribution is 7.80. The molecule has 0 radical (unpaired) electrons. The number of aryl methyl sites for hydroxylation is 2. The first-order valence-corrected chi connectivity index (χ1v) is 10.0. The Morgan fingerprint density at radius 3 is 2.20 bits per heavy atom. The standard InChI is InChI=1S/C24H24N2O3S/c1-17-9-8-10-18(2)22(17)25-24(30)26-23(27)20-13-6-7-14-21(20)29-16-15-28-19-11-4-3-5-12-19/h3-14H,15-16H2,1-2H3,(H2,25,26,27,30). The summed E-state index contributed by atoms with van der Waals surface area (Å²) in [4.78, 5) is 12.7. The van der Waals surface area contributed by atoms with Crippen LogP contribution in [0.25, 0.3) is 0 Å². The van der Waals surface area contributed by atoms with E-state index in [-0.39, 0.29) is 11.0 Å². The Kier molecular flexibility index (Phi) is 7.40. The molecule has 1 amide bonds. The van der Waals surface area contributed by atoms with E-state index in [1.807, 2.05) is 68.4 Å². The molecule has 0 atom stereocenters. The predicted octanol–water partition coefficient (Wildman–Crippen LogP) is 4.89. The van der Waals surface area contributed by atoms with Crippen LogP contribution in [0.1, 0.15) is 21.5 Å². The normalized spacial score (nSPS) is 10.2. The molecule has 0 fully saturated rings. The second-order valence-electron chi connectivity index (χ2n) is 6.68. The monoisotopic (exact) mass is 420 g/mol. The van der Waals surface area contributed by atoms with Crippen molar-refractivity contribution in [3.05, 3.63) is 89.5 Å². The molecule has 0 aliphatic rings. The third kappa shape index (κ3) is 5.81. The number of carbonyl (C=O) groups excluding carboxylic acids is 1. The fourth-order valence-electron chi connectivity index (χ4n) is 2.93. The number of rotatable bonds is 7. The number of thiocarbonyl (C=S) groups is 1. The van der Waals surface area contributed by atoms with Gasteiger partial charge in [0.25, 0.3) is 5.91 Å². The van der Waals surface area contributed by atoms with Crippen molar-refractivity contribution in [2.45, 2.75) is 13.8 Å². The number of hydrogen-bond acceptors (Lipinski definition) is 4. The summed E-state index contributed by atoms with van der Waals surface area (Å²) < 4.78 is 11.4. The molecule has 6 heteroatoms. The second kappa shape index (κ2) is 10.4. The van der Waals surface area contributed by atoms with Crippen molar-refractivity contribution < 1.29 is 14.3 Å². The van der Waals surface area contributed by atoms with Crippen LogP contribution in [-0.4, -0.2) is 24.2 Å². The van der Waals surface area contributed by atoms with Crippen molar-refractivity contribution in [3.8, 4) is 11.5 Å². The molecular weight excluding hydrogens is 396 g/mol. The van der Waals surface area contributed by atoms with Gasteiger partial charge in [0.15, 0.2) is 5.11 Å². The van der Waals surface area contributed by atoms with Gasteiger partial charge in [0, 0.05) is 5.69 Å². The Labute approximate surface area is 182 Å². The number of benzene rings is 3. The zero-order chi connectivity index (χ0) is 21.3. The molecule has 3 aromatic rings. The number of carbonyl (C=O) groups is 1. The van der Waals surface area contributed by atoms with Crippen molar-refractivity contribution in [1.82, 2.24) is 5.32 Å². The molecule has 0 aromatic heterocycles. The van der Waals surface area contributed by atoms with E-state index >= 15 is 0 Å². The molecule has 0 spiro atoms. The van der Waals surface area contributed by atoms with Crippen molar-refractivity contribution in [1.29, 1.82) is 0 Å². The number of anilines is 1. The summed E-state index contributed by atoms with van der Waals surface area (Å²) in [5.41, 5.74) is 3.40. The summed E-state index contributed by atoms with van der Waals surface area (Å²) in [5, 5.41) is 6.07. The molecule has 2 N–H and O–H groups in total. The van der Waals surface area contributed by atoms with Gasteiger partial charge in [0.2, 0.25) is 0 Å². The van der Waals surface area contributed by atoms with E-state index in [9.17, 15) is 4.79 Å². The van der Waals surface area contributed by atoms with E-state index in [2.05, 4.69) is 10.6 Å². The SMILES string of the molecule is Cc1cccc(C)c1NC(=S)NC(=O)c1ccccc1OCCOc1ccccc1. The number of para-hydroxylation sites is 3. The highest BCUT2D eigenvalue weighted by atomic mass is 32.1. The first-order chi connectivity index (χ1) is 14.5. The zero-order valence-electron chi connectivity index (χ0n) is 17.0. The Morgan fingerprint density at radius 2 is 1.47 bits per heavy atom. The highest BCUT2D eigenvalue weighted by Gasteiger charge is 2.14. The third-order valence-corrected chi connectivity index (χ3v) is 4.64. The first-order valence-electron chi connectivity index (χ1n) is 9.63. The maximum absolute atomic E-state index is 12.7. The van der Waals surface area contributed by atoms with Gasteiger partial charge in [0.05, 0.1) is 5.56 Å². The molecule has 0 bridgehead atoms. The summed E-state index contributed by atoms with van der Waals surface area (Å²) in [6.07, 6.45) is 0. The number of nitrogens with one attached hydrogen (secondary N) is 2. The van der Waals surface area contributed by atoms with Crippen molar-refractivity contribution in [2.24, 2.45) is 0 Å². The minimum atomic E-state index is -0.335. The fourth-order valence-corrected chi connectivity index (χ4v) is 3.13. The lowest BCUT2D eigenvalue weighted by molar-refractivity contribution is 0.0972. The summed E-state index contributed by atoms with van der Waals surface area (Å²) in [7, 11) is 0. The molecular formula is C24H24N2O3S. The average Bonchev–Trinajstić information content (AvgIpc) is 2.75. The Bertz CT molecular complexity index is 1000. The predicted molar refractivity (Wildman–Crippen MR) is 123 cm³/mol. The highest BCUT2D eigenvalue weighted by Crippen LogP contribution is 2.20. The van der Waals surface area contributed by atoms with E-state index in [1.54, 1.807) is 18.2 Å². The van der Waals surface area contributed by atoms with Crippen LogP contribution in [-0.2, 0) is 0 Å². The lowest BCUT2D eigenvalue weighted by Gasteiger charge is -2.15. The van der Waals surface area contributed by atoms with Gasteiger partial charge in [-0.25, -0.2) is 0 Å². The molecule has 0 heterocycles. The number of ether oxygens (including phenoxy) is 2. The van der Waals surface area contributed by atoms with Gasteiger partial charge >= 0.3 is 0 Å². The first kappa shape index (κ1) is 21.3. The van der Waals surface area contributed by atoms with Crippen LogP contribution in [0.5, 0.6) is 11.5 Å². The van der Waals surface area contributed by atoms with Crippen molar-refractivity contribution >= 4 is 28.9 Å². The van der Waals surface area contributed by atoms with E-state index in [0.29, 0.717) is 24.5 Å². The van der Waals surface area contributed by atoms with Crippen LogP contribution in [0.4, 0.5) is 5.69 Å². The lowest BCUT2D eigenvalue weighted by atomic mass is 10.1. The molecule has 0 saturated heterocycles. The summed E-state index contributed by atoms with van der Waals surface area (Å²) in [6.45, 7) is 4.65. The van der Waals surface area contributed by atoms with Crippen LogP contribution in [0.3, 0.4) is 0 Å². The van der Waals surface area contributed by atoms with Gasteiger partial charge in [-0.1, -0.05) is 48.5 Å². The molecule has 0 saturated carbocycles. The summed E-state index contributed by atoms with van der Waals surface area (Å²) >= 11 is 5.33. The van der Waals surface area contributed by atoms with E-state index < -0.39 is 0 Å². The van der Waals surface area contributed by atoms with E-state index in [0.717, 1.165) is 22.6 Å². The quantitative estimate of drug-likeness (QED) is 0.421. The molecule has 3 aromatic carbocycles. The van der Waals surface area contributed by atoms with E-state index in [4.69, 9.17) is 21.7 Å². The Morgan fingerprint density at radius 1 is 0.833 bits per heavy atom. The molecule has 3 rings (SSSR count). The van der Waals surface area contributed by atoms with Crippen LogP contribution < -0.4 is 20.1 Å². The van der Waals surface area contributed by atoms with Gasteiger partial charge in [-0.3, -0.25) is 10.1 Å². The second-order valence-corrected chi connectivity index (χ2v) is 7.09. The fraction of sp³-hybridized carbons (Fsp3) is 0.167. The number of amides is 1. The summed E-state index contributed by atoms with van der Waals surface area (Å²) in [6, 6.07) is 22.5. The topological polar surface area (TPSA) is 59.6 Å². The van der Waals surface area contributed by atoms with Gasteiger partial charge in [-0.2, -0.15) is 0 Å². The summed E-state index contributed by atoms with van der Waals surface area (Å²) in [5.74, 6) is 0.912. The largest absolute Gasteiger partial charge is 0.490 e. The average molecular weight is 421 g/mol. The van der Waals surface area contributed by atoms with Gasteiger partial charge in [0.1, 0.15) is 24.7 Å². The van der Waals surface area contributed by atoms with Crippen molar-refractivity contribution in [3.63, 3.8) is 0 Å². The number of hydrogen-bond donors (Lipinski definition) is 2. The van der Waals surface area contributed by atoms with Crippen LogP contribution >= 0.6 is 12.2 Å². The van der Waals surface area contributed by atoms with Gasteiger partial charge in [-0.15, -0.1) is 0 Å². The van der Waals surface area contributed by atoms with Gasteiger partial charge < -0.3 is 14.8 Å². The van der Waals surface area contributed by atoms with Crippen molar-refractivity contribution in [2.75, 3.05) is 18.5 Å². The van der Waals surface area contributed by atoms with Crippen LogP contribution in [0.2, 0.25) is 0 Å². The van der Waals surface area contributed by atoms with Gasteiger partial charge in [-0.05, 0) is 61.5 Å². The molecule has 154 valence electrons. The smallest absolute Gasteiger partial charge is 0.261 e. The Hall–Kier alpha value is -3.38. The molecule has 30 heavy (non-hydrogen) atoms. The molecule has 5 nitrogen and oxygen atoms in total. The Balaban J connectivity index is 1.57.